The molecular formula is C13H4ClF11N2O3. The van der Waals surface area contributed by atoms with Crippen LogP contribution in [-0.2, 0) is 4.79 Å². The zero-order chi connectivity index (χ0) is 23.7. The molecule has 1 aliphatic rings. The summed E-state index contributed by atoms with van der Waals surface area (Å²) >= 11 is 5.38. The molecule has 5 nitrogen and oxygen atoms in total. The Labute approximate surface area is 161 Å². The molecule has 0 unspecified atom stereocenters. The Morgan fingerprint density at radius 1 is 0.833 bits per heavy atom. The van der Waals surface area contributed by atoms with Crippen molar-refractivity contribution in [3.63, 3.8) is 0 Å². The zero-order valence-corrected chi connectivity index (χ0v) is 14.2. The molecule has 1 saturated carbocycles. The van der Waals surface area contributed by atoms with Gasteiger partial charge < -0.3 is 5.32 Å². The lowest BCUT2D eigenvalue weighted by Gasteiger charge is -2.51. The normalized spacial score (nSPS) is 24.7. The van der Waals surface area contributed by atoms with E-state index in [4.69, 9.17) is 11.6 Å². The van der Waals surface area contributed by atoms with Crippen molar-refractivity contribution in [2.45, 2.75) is 35.3 Å². The van der Waals surface area contributed by atoms with Crippen LogP contribution in [0.25, 0.3) is 0 Å². The van der Waals surface area contributed by atoms with Gasteiger partial charge in [-0.3, -0.25) is 14.9 Å². The van der Waals surface area contributed by atoms with Crippen molar-refractivity contribution >= 4 is 28.9 Å². The highest BCUT2D eigenvalue weighted by Crippen LogP contribution is 2.69. The van der Waals surface area contributed by atoms with Gasteiger partial charge in [-0.1, -0.05) is 11.6 Å². The molecule has 0 bridgehead atoms. The third-order valence-corrected chi connectivity index (χ3v) is 4.49. The molecule has 1 N–H and O–H groups in total. The van der Waals surface area contributed by atoms with Gasteiger partial charge in [-0.15, -0.1) is 0 Å². The van der Waals surface area contributed by atoms with Crippen molar-refractivity contribution in [2.24, 2.45) is 0 Å². The van der Waals surface area contributed by atoms with E-state index in [2.05, 4.69) is 0 Å². The Hall–Kier alpha value is -2.39. The first-order valence-corrected chi connectivity index (χ1v) is 7.43. The predicted molar refractivity (Wildman–Crippen MR) is 75.3 cm³/mol. The van der Waals surface area contributed by atoms with Crippen LogP contribution in [0.2, 0.25) is 5.02 Å². The summed E-state index contributed by atoms with van der Waals surface area (Å²) in [6.07, 6.45) is 0. The van der Waals surface area contributed by atoms with E-state index in [-0.39, 0.29) is 6.07 Å². The summed E-state index contributed by atoms with van der Waals surface area (Å²) in [5.74, 6) is -40.8. The Morgan fingerprint density at radius 2 is 1.23 bits per heavy atom. The SMILES string of the molecule is O=C(Nc1cc([N+](=O)[O-])ccc1Cl)C1(F)C(F)(F)C(F)(F)C(F)(F)C(F)(F)C1(F)F. The second kappa shape index (κ2) is 6.31. The highest BCUT2D eigenvalue weighted by atomic mass is 35.5. The number of rotatable bonds is 3. The maximum absolute atomic E-state index is 14.6. The van der Waals surface area contributed by atoms with Crippen molar-refractivity contribution in [1.29, 1.82) is 0 Å². The smallest absolute Gasteiger partial charge is 0.321 e. The summed E-state index contributed by atoms with van der Waals surface area (Å²) < 4.78 is 150. The highest BCUT2D eigenvalue weighted by molar-refractivity contribution is 6.33. The molecule has 0 atom stereocenters. The van der Waals surface area contributed by atoms with Gasteiger partial charge in [0, 0.05) is 12.1 Å². The van der Waals surface area contributed by atoms with Gasteiger partial charge in [-0.05, 0) is 6.07 Å². The number of hydrogen-bond donors (Lipinski definition) is 1. The van der Waals surface area contributed by atoms with Crippen LogP contribution < -0.4 is 5.32 Å². The maximum atomic E-state index is 14.6. The fourth-order valence-corrected chi connectivity index (χ4v) is 2.60. The van der Waals surface area contributed by atoms with E-state index >= 15 is 0 Å². The van der Waals surface area contributed by atoms with Crippen LogP contribution in [0, 0.1) is 10.1 Å². The Morgan fingerprint density at radius 3 is 1.63 bits per heavy atom. The molecule has 0 aliphatic heterocycles. The molecule has 30 heavy (non-hydrogen) atoms. The number of amides is 1. The molecule has 0 aromatic heterocycles. The topological polar surface area (TPSA) is 72.2 Å². The number of carbonyl (C=O) groups is 1. The molecule has 1 aliphatic carbocycles. The number of benzene rings is 1. The molecule has 0 spiro atoms. The average Bonchev–Trinajstić information content (AvgIpc) is 2.60. The predicted octanol–water partition coefficient (Wildman–Crippen LogP) is 5.09. The molecule has 1 amide bonds. The molecule has 2 rings (SSSR count). The summed E-state index contributed by atoms with van der Waals surface area (Å²) in [4.78, 5) is 21.2. The van der Waals surface area contributed by atoms with Crippen molar-refractivity contribution in [3.05, 3.63) is 33.3 Å². The minimum atomic E-state index is -7.48. The summed E-state index contributed by atoms with van der Waals surface area (Å²) in [6.45, 7) is 0. The molecule has 1 fully saturated rings. The van der Waals surface area contributed by atoms with Crippen LogP contribution in [0.3, 0.4) is 0 Å². The first-order valence-electron chi connectivity index (χ1n) is 7.05. The number of non-ortho nitro benzene ring substituents is 1. The summed E-state index contributed by atoms with van der Waals surface area (Å²) in [5, 5.41) is 10.4. The van der Waals surface area contributed by atoms with Gasteiger partial charge in [-0.25, -0.2) is 4.39 Å². The van der Waals surface area contributed by atoms with Crippen LogP contribution in [0.15, 0.2) is 18.2 Å². The monoisotopic (exact) mass is 480 g/mol. The molecule has 0 radical (unpaired) electrons. The summed E-state index contributed by atoms with van der Waals surface area (Å²) in [5.41, 5.74) is -9.28. The zero-order valence-electron chi connectivity index (χ0n) is 13.4. The second-order valence-electron chi connectivity index (χ2n) is 5.91. The quantitative estimate of drug-likeness (QED) is 0.372. The van der Waals surface area contributed by atoms with Gasteiger partial charge in [0.2, 0.25) is 0 Å². The van der Waals surface area contributed by atoms with Crippen molar-refractivity contribution < 1.29 is 58.0 Å². The van der Waals surface area contributed by atoms with Crippen LogP contribution >= 0.6 is 11.6 Å². The molecule has 0 heterocycles. The number of nitro groups is 1. The third kappa shape index (κ3) is 2.51. The number of halogens is 12. The van der Waals surface area contributed by atoms with E-state index in [0.717, 1.165) is 0 Å². The first-order chi connectivity index (χ1) is 13.2. The van der Waals surface area contributed by atoms with Gasteiger partial charge in [0.25, 0.3) is 11.6 Å². The first kappa shape index (κ1) is 23.9. The lowest BCUT2D eigenvalue weighted by Crippen LogP contribution is -2.86. The fraction of sp³-hybridized carbons (Fsp3) is 0.462. The van der Waals surface area contributed by atoms with E-state index in [1.807, 2.05) is 0 Å². The Bertz CT molecular complexity index is 892. The number of nitrogens with zero attached hydrogens (tertiary/aromatic N) is 1. The lowest BCUT2D eigenvalue weighted by atomic mass is 9.71. The van der Waals surface area contributed by atoms with Crippen LogP contribution in [0.5, 0.6) is 0 Å². The van der Waals surface area contributed by atoms with Crippen LogP contribution in [0.4, 0.5) is 59.7 Å². The summed E-state index contributed by atoms with van der Waals surface area (Å²) in [6, 6.07) is 1.29. The highest BCUT2D eigenvalue weighted by Gasteiger charge is 3.02. The molecule has 1 aromatic carbocycles. The van der Waals surface area contributed by atoms with E-state index < -0.39 is 62.5 Å². The number of nitro benzene ring substituents is 1. The van der Waals surface area contributed by atoms with Gasteiger partial charge in [-0.2, -0.15) is 43.9 Å². The van der Waals surface area contributed by atoms with Crippen molar-refractivity contribution in [2.75, 3.05) is 5.32 Å². The van der Waals surface area contributed by atoms with Crippen molar-refractivity contribution in [3.8, 4) is 0 Å². The number of nitrogens with one attached hydrogen (secondary N) is 1. The van der Waals surface area contributed by atoms with E-state index in [1.54, 1.807) is 0 Å². The number of anilines is 1. The number of carbonyl (C=O) groups excluding carboxylic acids is 1. The second-order valence-corrected chi connectivity index (χ2v) is 6.31. The fourth-order valence-electron chi connectivity index (χ4n) is 2.44. The molecular weight excluding hydrogens is 477 g/mol. The molecule has 1 aromatic rings. The molecule has 17 heteroatoms. The average molecular weight is 481 g/mol. The standard InChI is InChI=1S/C13H4ClF11N2O3/c14-5-2-1-4(27(29)30)3-6(5)26-7(28)8(15)9(16,17)11(20,21)13(24,25)12(22,23)10(8,18)19/h1-3H,(H,26,28). The number of hydrogen-bond acceptors (Lipinski definition) is 3. The lowest BCUT2D eigenvalue weighted by molar-refractivity contribution is -0.475. The molecule has 168 valence electrons. The maximum Gasteiger partial charge on any atom is 0.384 e. The largest absolute Gasteiger partial charge is 0.384 e. The third-order valence-electron chi connectivity index (χ3n) is 4.16. The van der Waals surface area contributed by atoms with Crippen molar-refractivity contribution in [1.82, 2.24) is 0 Å². The van der Waals surface area contributed by atoms with E-state index in [0.29, 0.717) is 17.4 Å². The minimum absolute atomic E-state index is 0.146. The summed E-state index contributed by atoms with van der Waals surface area (Å²) in [7, 11) is 0. The van der Waals surface area contributed by atoms with Crippen LogP contribution in [0.1, 0.15) is 0 Å². The Balaban J connectivity index is 2.70. The van der Waals surface area contributed by atoms with E-state index in [1.165, 1.54) is 0 Å². The van der Waals surface area contributed by atoms with Gasteiger partial charge in [0.15, 0.2) is 0 Å². The Kier molecular flexibility index (Phi) is 5.02. The van der Waals surface area contributed by atoms with Crippen LogP contribution in [-0.4, -0.2) is 46.1 Å². The number of alkyl halides is 11. The van der Waals surface area contributed by atoms with Gasteiger partial charge in [0.1, 0.15) is 0 Å². The van der Waals surface area contributed by atoms with Gasteiger partial charge >= 0.3 is 35.3 Å². The van der Waals surface area contributed by atoms with E-state index in [9.17, 15) is 63.2 Å². The van der Waals surface area contributed by atoms with Gasteiger partial charge in [0.05, 0.1) is 15.6 Å². The molecule has 0 saturated heterocycles. The minimum Gasteiger partial charge on any atom is -0.321 e.